The van der Waals surface area contributed by atoms with Crippen molar-refractivity contribution in [2.24, 2.45) is 11.7 Å². The second kappa shape index (κ2) is 4.74. The number of rotatable bonds is 4. The number of aromatic amines is 1. The van der Waals surface area contributed by atoms with E-state index in [9.17, 15) is 4.79 Å². The molecule has 4 nitrogen and oxygen atoms in total. The van der Waals surface area contributed by atoms with Crippen LogP contribution in [0.2, 0.25) is 0 Å². The van der Waals surface area contributed by atoms with Crippen LogP contribution in [0.1, 0.15) is 12.1 Å². The number of hydrogen-bond donors (Lipinski definition) is 3. The summed E-state index contributed by atoms with van der Waals surface area (Å²) in [5, 5.41) is 5.16. The molecule has 0 saturated heterocycles. The smallest absolute Gasteiger partial charge is 0.304 e. The molecule has 4 N–H and O–H groups in total. The Labute approximate surface area is 92.2 Å². The van der Waals surface area contributed by atoms with Gasteiger partial charge in [-0.3, -0.25) is 4.79 Å². The van der Waals surface area contributed by atoms with Gasteiger partial charge in [-0.15, -0.1) is 0 Å². The number of H-pyrrole nitrogens is 1. The lowest BCUT2D eigenvalue weighted by Gasteiger charge is -2.09. The first kappa shape index (κ1) is 10.6. The van der Waals surface area contributed by atoms with Crippen molar-refractivity contribution >= 4 is 11.3 Å². The highest BCUT2D eigenvalue weighted by atomic mass is 32.1. The Balaban J connectivity index is 1.71. The molecule has 0 radical (unpaired) electrons. The van der Waals surface area contributed by atoms with Gasteiger partial charge in [-0.1, -0.05) is 23.5 Å². The minimum absolute atomic E-state index is 0.00887. The lowest BCUT2D eigenvalue weighted by Crippen LogP contribution is -2.23. The Bertz CT molecular complexity index is 395. The van der Waals surface area contributed by atoms with Crippen LogP contribution in [0.4, 0.5) is 0 Å². The Morgan fingerprint density at radius 2 is 2.47 bits per heavy atom. The molecule has 0 saturated carbocycles. The summed E-state index contributed by atoms with van der Waals surface area (Å²) in [4.78, 5) is 13.6. The van der Waals surface area contributed by atoms with Crippen molar-refractivity contribution in [2.45, 2.75) is 19.0 Å². The minimum Gasteiger partial charge on any atom is -0.324 e. The molecule has 1 aromatic rings. The summed E-state index contributed by atoms with van der Waals surface area (Å²) in [6.45, 7) is 1.64. The molecule has 2 unspecified atom stereocenters. The standard InChI is InChI=1S/C10H15N3OS/c11-8-2-1-7(3-8)4-12-5-9-6-15-10(14)13-9/h1-2,6-8,12H,3-5,11H2,(H,13,14). The lowest BCUT2D eigenvalue weighted by molar-refractivity contribution is 0.525. The summed E-state index contributed by atoms with van der Waals surface area (Å²) in [7, 11) is 0. The molecule has 15 heavy (non-hydrogen) atoms. The van der Waals surface area contributed by atoms with Gasteiger partial charge in [0.25, 0.3) is 0 Å². The van der Waals surface area contributed by atoms with Gasteiger partial charge in [0, 0.05) is 30.2 Å². The van der Waals surface area contributed by atoms with E-state index >= 15 is 0 Å². The molecule has 1 heterocycles. The molecule has 2 rings (SSSR count). The highest BCUT2D eigenvalue weighted by Gasteiger charge is 2.14. The Kier molecular flexibility index (Phi) is 3.35. The molecule has 0 fully saturated rings. The van der Waals surface area contributed by atoms with E-state index in [0.717, 1.165) is 25.2 Å². The summed E-state index contributed by atoms with van der Waals surface area (Å²) < 4.78 is 0. The maximum Gasteiger partial charge on any atom is 0.304 e. The van der Waals surface area contributed by atoms with Crippen molar-refractivity contribution < 1.29 is 0 Å². The highest BCUT2D eigenvalue weighted by Crippen LogP contribution is 2.15. The number of thiazole rings is 1. The molecule has 5 heteroatoms. The van der Waals surface area contributed by atoms with Crippen LogP contribution in [0.3, 0.4) is 0 Å². The van der Waals surface area contributed by atoms with Crippen molar-refractivity contribution in [1.29, 1.82) is 0 Å². The zero-order chi connectivity index (χ0) is 10.7. The third kappa shape index (κ3) is 3.02. The molecule has 2 atom stereocenters. The van der Waals surface area contributed by atoms with Crippen LogP contribution < -0.4 is 15.9 Å². The molecule has 0 spiro atoms. The fraction of sp³-hybridized carbons (Fsp3) is 0.500. The van der Waals surface area contributed by atoms with Gasteiger partial charge in [0.1, 0.15) is 0 Å². The Morgan fingerprint density at radius 3 is 3.07 bits per heavy atom. The number of nitrogens with one attached hydrogen (secondary N) is 2. The minimum atomic E-state index is 0.00887. The lowest BCUT2D eigenvalue weighted by atomic mass is 10.1. The van der Waals surface area contributed by atoms with E-state index in [-0.39, 0.29) is 10.9 Å². The number of hydrogen-bond acceptors (Lipinski definition) is 4. The summed E-state index contributed by atoms with van der Waals surface area (Å²) in [6, 6.07) is 0.220. The summed E-state index contributed by atoms with van der Waals surface area (Å²) in [5.74, 6) is 0.533. The van der Waals surface area contributed by atoms with E-state index in [2.05, 4.69) is 22.5 Å². The zero-order valence-electron chi connectivity index (χ0n) is 8.40. The third-order valence-corrected chi connectivity index (χ3v) is 3.22. The van der Waals surface area contributed by atoms with Crippen molar-refractivity contribution in [1.82, 2.24) is 10.3 Å². The monoisotopic (exact) mass is 225 g/mol. The topological polar surface area (TPSA) is 70.9 Å². The van der Waals surface area contributed by atoms with Gasteiger partial charge in [0.05, 0.1) is 0 Å². The molecule has 82 valence electrons. The first-order chi connectivity index (χ1) is 7.24. The average molecular weight is 225 g/mol. The van der Waals surface area contributed by atoms with Crippen molar-refractivity contribution in [3.05, 3.63) is 32.9 Å². The number of aromatic nitrogens is 1. The molecular formula is C10H15N3OS. The Morgan fingerprint density at radius 1 is 1.60 bits per heavy atom. The van der Waals surface area contributed by atoms with Gasteiger partial charge in [-0.2, -0.15) is 0 Å². The maximum absolute atomic E-state index is 10.9. The van der Waals surface area contributed by atoms with Gasteiger partial charge >= 0.3 is 4.87 Å². The molecule has 1 aliphatic carbocycles. The van der Waals surface area contributed by atoms with Crippen LogP contribution in [0.15, 0.2) is 22.3 Å². The number of nitrogens with two attached hydrogens (primary N) is 1. The predicted molar refractivity (Wildman–Crippen MR) is 61.9 cm³/mol. The molecule has 0 bridgehead atoms. The first-order valence-electron chi connectivity index (χ1n) is 5.05. The van der Waals surface area contributed by atoms with E-state index in [0.29, 0.717) is 5.92 Å². The predicted octanol–water partition coefficient (Wildman–Crippen LogP) is 0.429. The molecule has 0 aliphatic heterocycles. The van der Waals surface area contributed by atoms with Crippen LogP contribution in [-0.2, 0) is 6.54 Å². The molecule has 0 aromatic carbocycles. The summed E-state index contributed by atoms with van der Waals surface area (Å²) >= 11 is 1.20. The third-order valence-electron chi connectivity index (χ3n) is 2.50. The quantitative estimate of drug-likeness (QED) is 0.651. The fourth-order valence-corrected chi connectivity index (χ4v) is 2.33. The SMILES string of the molecule is NC1C=CC(CNCc2csc(=O)[nH]2)C1. The fourth-order valence-electron chi connectivity index (χ4n) is 1.75. The van der Waals surface area contributed by atoms with Gasteiger partial charge < -0.3 is 16.0 Å². The summed E-state index contributed by atoms with van der Waals surface area (Å²) in [5.41, 5.74) is 6.71. The van der Waals surface area contributed by atoms with Gasteiger partial charge in [-0.05, 0) is 12.3 Å². The second-order valence-electron chi connectivity index (χ2n) is 3.85. The van der Waals surface area contributed by atoms with E-state index in [1.54, 1.807) is 0 Å². The van der Waals surface area contributed by atoms with E-state index in [4.69, 9.17) is 5.73 Å². The Hall–Kier alpha value is -0.910. The van der Waals surface area contributed by atoms with Crippen LogP contribution in [0, 0.1) is 5.92 Å². The van der Waals surface area contributed by atoms with Crippen LogP contribution >= 0.6 is 11.3 Å². The molecule has 1 aromatic heterocycles. The van der Waals surface area contributed by atoms with Gasteiger partial charge in [0.2, 0.25) is 0 Å². The average Bonchev–Trinajstić information content (AvgIpc) is 2.76. The molecular weight excluding hydrogens is 210 g/mol. The summed E-state index contributed by atoms with van der Waals surface area (Å²) in [6.07, 6.45) is 5.24. The normalized spacial score (nSPS) is 24.9. The zero-order valence-corrected chi connectivity index (χ0v) is 9.22. The van der Waals surface area contributed by atoms with Crippen molar-refractivity contribution in [2.75, 3.05) is 6.54 Å². The van der Waals surface area contributed by atoms with Crippen molar-refractivity contribution in [3.63, 3.8) is 0 Å². The largest absolute Gasteiger partial charge is 0.324 e. The van der Waals surface area contributed by atoms with Crippen LogP contribution in [-0.4, -0.2) is 17.6 Å². The molecule has 0 amide bonds. The van der Waals surface area contributed by atoms with Gasteiger partial charge in [-0.25, -0.2) is 0 Å². The van der Waals surface area contributed by atoms with Crippen LogP contribution in [0.5, 0.6) is 0 Å². The van der Waals surface area contributed by atoms with E-state index in [1.165, 1.54) is 11.3 Å². The van der Waals surface area contributed by atoms with Crippen LogP contribution in [0.25, 0.3) is 0 Å². The van der Waals surface area contributed by atoms with E-state index < -0.39 is 0 Å². The van der Waals surface area contributed by atoms with E-state index in [1.807, 2.05) is 5.38 Å². The first-order valence-corrected chi connectivity index (χ1v) is 5.93. The maximum atomic E-state index is 10.9. The van der Waals surface area contributed by atoms with Gasteiger partial charge in [0.15, 0.2) is 0 Å². The van der Waals surface area contributed by atoms with Crippen molar-refractivity contribution in [3.8, 4) is 0 Å². The highest BCUT2D eigenvalue weighted by molar-refractivity contribution is 7.07. The molecule has 1 aliphatic rings. The second-order valence-corrected chi connectivity index (χ2v) is 4.69.